The lowest BCUT2D eigenvalue weighted by molar-refractivity contribution is -0.138. The summed E-state index contributed by atoms with van der Waals surface area (Å²) >= 11 is 0. The third kappa shape index (κ3) is 3.36. The zero-order chi connectivity index (χ0) is 16.4. The van der Waals surface area contributed by atoms with Gasteiger partial charge in [0.1, 0.15) is 0 Å². The SMILES string of the molecule is O=C(C1CCN(Cc2ccc3c(c2)OCO3)CC1)N1CCCCC1. The van der Waals surface area contributed by atoms with Gasteiger partial charge in [0.2, 0.25) is 12.7 Å². The van der Waals surface area contributed by atoms with Crippen LogP contribution in [0.2, 0.25) is 0 Å². The Bertz CT molecular complexity index is 590. The van der Waals surface area contributed by atoms with Crippen LogP contribution in [0.4, 0.5) is 0 Å². The van der Waals surface area contributed by atoms with Crippen molar-refractivity contribution >= 4 is 5.91 Å². The van der Waals surface area contributed by atoms with Crippen LogP contribution < -0.4 is 9.47 Å². The summed E-state index contributed by atoms with van der Waals surface area (Å²) in [6.45, 7) is 5.17. The molecule has 3 aliphatic rings. The van der Waals surface area contributed by atoms with Crippen molar-refractivity contribution in [3.05, 3.63) is 23.8 Å². The summed E-state index contributed by atoms with van der Waals surface area (Å²) < 4.78 is 10.8. The number of fused-ring (bicyclic) bond motifs is 1. The third-order valence-electron chi connectivity index (χ3n) is 5.45. The fraction of sp³-hybridized carbons (Fsp3) is 0.632. The highest BCUT2D eigenvalue weighted by molar-refractivity contribution is 5.79. The molecule has 0 bridgehead atoms. The number of carbonyl (C=O) groups excluding carboxylic acids is 1. The van der Waals surface area contributed by atoms with Gasteiger partial charge < -0.3 is 14.4 Å². The second kappa shape index (κ2) is 7.01. The van der Waals surface area contributed by atoms with E-state index in [1.807, 2.05) is 6.07 Å². The van der Waals surface area contributed by atoms with Gasteiger partial charge in [-0.05, 0) is 62.9 Å². The largest absolute Gasteiger partial charge is 0.454 e. The number of hydrogen-bond acceptors (Lipinski definition) is 4. The standard InChI is InChI=1S/C19H26N2O3/c22-19(21-8-2-1-3-9-21)16-6-10-20(11-7-16)13-15-4-5-17-18(12-15)24-14-23-17/h4-5,12,16H,1-3,6-11,13-14H2. The van der Waals surface area contributed by atoms with Crippen molar-refractivity contribution in [2.75, 3.05) is 33.0 Å². The highest BCUT2D eigenvalue weighted by atomic mass is 16.7. The second-order valence-corrected chi connectivity index (χ2v) is 7.12. The maximum Gasteiger partial charge on any atom is 0.231 e. The Labute approximate surface area is 143 Å². The Morgan fingerprint density at radius 2 is 1.75 bits per heavy atom. The van der Waals surface area contributed by atoms with Crippen LogP contribution in [-0.4, -0.2) is 48.7 Å². The van der Waals surface area contributed by atoms with Gasteiger partial charge in [-0.2, -0.15) is 0 Å². The number of carbonyl (C=O) groups is 1. The van der Waals surface area contributed by atoms with Crippen molar-refractivity contribution in [3.63, 3.8) is 0 Å². The van der Waals surface area contributed by atoms with Crippen LogP contribution in [0.3, 0.4) is 0 Å². The number of likely N-dealkylation sites (tertiary alicyclic amines) is 2. The molecule has 130 valence electrons. The summed E-state index contributed by atoms with van der Waals surface area (Å²) in [6.07, 6.45) is 5.60. The molecular formula is C19H26N2O3. The molecule has 0 saturated carbocycles. The zero-order valence-corrected chi connectivity index (χ0v) is 14.2. The van der Waals surface area contributed by atoms with E-state index in [1.165, 1.54) is 24.8 Å². The molecule has 1 aromatic rings. The predicted molar refractivity (Wildman–Crippen MR) is 91.0 cm³/mol. The maximum absolute atomic E-state index is 12.6. The van der Waals surface area contributed by atoms with Crippen LogP contribution >= 0.6 is 0 Å². The molecular weight excluding hydrogens is 304 g/mol. The van der Waals surface area contributed by atoms with Gasteiger partial charge in [0, 0.05) is 25.6 Å². The molecule has 5 nitrogen and oxygen atoms in total. The molecule has 24 heavy (non-hydrogen) atoms. The number of nitrogens with zero attached hydrogens (tertiary/aromatic N) is 2. The number of ether oxygens (including phenoxy) is 2. The Morgan fingerprint density at radius 3 is 2.54 bits per heavy atom. The van der Waals surface area contributed by atoms with Crippen LogP contribution in [-0.2, 0) is 11.3 Å². The van der Waals surface area contributed by atoms with E-state index in [0.717, 1.165) is 57.1 Å². The molecule has 5 heteroatoms. The van der Waals surface area contributed by atoms with E-state index in [0.29, 0.717) is 12.7 Å². The third-order valence-corrected chi connectivity index (χ3v) is 5.45. The predicted octanol–water partition coefficient (Wildman–Crippen LogP) is 2.64. The van der Waals surface area contributed by atoms with Gasteiger partial charge in [-0.15, -0.1) is 0 Å². The molecule has 3 heterocycles. The van der Waals surface area contributed by atoms with Gasteiger partial charge >= 0.3 is 0 Å². The number of amides is 1. The second-order valence-electron chi connectivity index (χ2n) is 7.12. The molecule has 0 spiro atoms. The van der Waals surface area contributed by atoms with Crippen LogP contribution in [0.25, 0.3) is 0 Å². The Hall–Kier alpha value is -1.75. The van der Waals surface area contributed by atoms with E-state index >= 15 is 0 Å². The number of hydrogen-bond donors (Lipinski definition) is 0. The van der Waals surface area contributed by atoms with Gasteiger partial charge in [-0.25, -0.2) is 0 Å². The van der Waals surface area contributed by atoms with Crippen molar-refractivity contribution in [3.8, 4) is 11.5 Å². The molecule has 0 radical (unpaired) electrons. The molecule has 3 aliphatic heterocycles. The minimum absolute atomic E-state index is 0.233. The maximum atomic E-state index is 12.6. The quantitative estimate of drug-likeness (QED) is 0.854. The first-order valence-corrected chi connectivity index (χ1v) is 9.19. The molecule has 0 unspecified atom stereocenters. The lowest BCUT2D eigenvalue weighted by atomic mass is 9.94. The molecule has 2 saturated heterocycles. The molecule has 0 aromatic heterocycles. The fourth-order valence-corrected chi connectivity index (χ4v) is 4.01. The fourth-order valence-electron chi connectivity index (χ4n) is 4.01. The Balaban J connectivity index is 1.29. The molecule has 1 amide bonds. The van der Waals surface area contributed by atoms with Crippen LogP contribution in [0.15, 0.2) is 18.2 Å². The Kier molecular flexibility index (Phi) is 4.60. The average Bonchev–Trinajstić information content (AvgIpc) is 3.10. The van der Waals surface area contributed by atoms with Crippen LogP contribution in [0.5, 0.6) is 11.5 Å². The van der Waals surface area contributed by atoms with E-state index in [2.05, 4.69) is 21.9 Å². The van der Waals surface area contributed by atoms with E-state index in [4.69, 9.17) is 9.47 Å². The number of benzene rings is 1. The molecule has 4 rings (SSSR count). The van der Waals surface area contributed by atoms with E-state index in [-0.39, 0.29) is 5.92 Å². The van der Waals surface area contributed by atoms with Gasteiger partial charge in [0.05, 0.1) is 0 Å². The van der Waals surface area contributed by atoms with Crippen molar-refractivity contribution in [1.82, 2.24) is 9.80 Å². The normalized spacial score (nSPS) is 21.9. The van der Waals surface area contributed by atoms with Crippen LogP contribution in [0.1, 0.15) is 37.7 Å². The van der Waals surface area contributed by atoms with Gasteiger partial charge in [-0.3, -0.25) is 9.69 Å². The topological polar surface area (TPSA) is 42.0 Å². The highest BCUT2D eigenvalue weighted by Crippen LogP contribution is 2.33. The number of rotatable bonds is 3. The van der Waals surface area contributed by atoms with Crippen LogP contribution in [0, 0.1) is 5.92 Å². The van der Waals surface area contributed by atoms with E-state index < -0.39 is 0 Å². The first-order valence-electron chi connectivity index (χ1n) is 9.19. The molecule has 1 aromatic carbocycles. The summed E-state index contributed by atoms with van der Waals surface area (Å²) in [6, 6.07) is 6.18. The first kappa shape index (κ1) is 15.8. The minimum Gasteiger partial charge on any atom is -0.454 e. The first-order chi connectivity index (χ1) is 11.8. The molecule has 2 fully saturated rings. The van der Waals surface area contributed by atoms with Crippen molar-refractivity contribution in [2.24, 2.45) is 5.92 Å². The van der Waals surface area contributed by atoms with Crippen molar-refractivity contribution < 1.29 is 14.3 Å². The summed E-state index contributed by atoms with van der Waals surface area (Å²) in [4.78, 5) is 17.2. The molecule has 0 N–H and O–H groups in total. The summed E-state index contributed by atoms with van der Waals surface area (Å²) in [5.41, 5.74) is 1.25. The lowest BCUT2D eigenvalue weighted by Gasteiger charge is -2.35. The summed E-state index contributed by atoms with van der Waals surface area (Å²) in [7, 11) is 0. The highest BCUT2D eigenvalue weighted by Gasteiger charge is 2.29. The van der Waals surface area contributed by atoms with Crippen molar-refractivity contribution in [1.29, 1.82) is 0 Å². The lowest BCUT2D eigenvalue weighted by Crippen LogP contribution is -2.44. The van der Waals surface area contributed by atoms with Crippen molar-refractivity contribution in [2.45, 2.75) is 38.6 Å². The smallest absolute Gasteiger partial charge is 0.231 e. The average molecular weight is 330 g/mol. The monoisotopic (exact) mass is 330 g/mol. The van der Waals surface area contributed by atoms with E-state index in [1.54, 1.807) is 0 Å². The minimum atomic E-state index is 0.233. The Morgan fingerprint density at radius 1 is 1.00 bits per heavy atom. The summed E-state index contributed by atoms with van der Waals surface area (Å²) in [5.74, 6) is 2.32. The van der Waals surface area contributed by atoms with E-state index in [9.17, 15) is 4.79 Å². The molecule has 0 aliphatic carbocycles. The zero-order valence-electron chi connectivity index (χ0n) is 14.2. The van der Waals surface area contributed by atoms with Gasteiger partial charge in [0.15, 0.2) is 11.5 Å². The van der Waals surface area contributed by atoms with Gasteiger partial charge in [-0.1, -0.05) is 6.07 Å². The van der Waals surface area contributed by atoms with Gasteiger partial charge in [0.25, 0.3) is 0 Å². The summed E-state index contributed by atoms with van der Waals surface area (Å²) in [5, 5.41) is 0. The molecule has 0 atom stereocenters. The number of piperidine rings is 2.